The summed E-state index contributed by atoms with van der Waals surface area (Å²) in [6.45, 7) is 7.49. The molecule has 0 aromatic heterocycles. The van der Waals surface area contributed by atoms with Crippen molar-refractivity contribution >= 4 is 18.0 Å². The number of alkyl carbamates (subject to hydrolysis) is 1. The van der Waals surface area contributed by atoms with Crippen LogP contribution in [0, 0.1) is 5.92 Å². The van der Waals surface area contributed by atoms with Gasteiger partial charge in [-0.05, 0) is 41.0 Å². The van der Waals surface area contributed by atoms with E-state index >= 15 is 0 Å². The quantitative estimate of drug-likeness (QED) is 0.473. The van der Waals surface area contributed by atoms with Crippen molar-refractivity contribution in [1.29, 1.82) is 0 Å². The molecule has 7 nitrogen and oxygen atoms in total. The van der Waals surface area contributed by atoms with E-state index in [1.807, 2.05) is 50.2 Å². The Balaban J connectivity index is 1.64. The molecular formula is C26H30N2O5. The summed E-state index contributed by atoms with van der Waals surface area (Å²) in [4.78, 5) is 36.7. The van der Waals surface area contributed by atoms with Crippen LogP contribution in [-0.4, -0.2) is 41.8 Å². The highest BCUT2D eigenvalue weighted by molar-refractivity contribution is 5.89. The maximum Gasteiger partial charge on any atom is 0.407 e. The standard InChI is InChI=1S/C26H30N2O5/c1-4-9-22(24(29)27-23(25(30)31)14-16(2)3)28-26(32)33-15-21-19-12-7-5-10-17(19)18-11-6-8-13-20(18)21/h4-8,10-13,16,21-23H,1,9,14-15H2,2-3H3,(H,27,29)(H,28,32)(H,30,31). The summed E-state index contributed by atoms with van der Waals surface area (Å²) in [6, 6.07) is 14.0. The normalized spacial score (nSPS) is 14.0. The molecule has 2 atom stereocenters. The Hall–Kier alpha value is -3.61. The first kappa shape index (κ1) is 24.0. The van der Waals surface area contributed by atoms with E-state index in [0.717, 1.165) is 22.3 Å². The minimum Gasteiger partial charge on any atom is -0.480 e. The molecule has 2 aromatic rings. The molecule has 3 N–H and O–H groups in total. The first-order valence-corrected chi connectivity index (χ1v) is 11.1. The number of rotatable bonds is 10. The summed E-state index contributed by atoms with van der Waals surface area (Å²) in [6.07, 6.45) is 1.18. The average Bonchev–Trinajstić information content (AvgIpc) is 3.10. The number of nitrogens with one attached hydrogen (secondary N) is 2. The number of fused-ring (bicyclic) bond motifs is 3. The van der Waals surface area contributed by atoms with Crippen LogP contribution < -0.4 is 10.6 Å². The Labute approximate surface area is 193 Å². The smallest absolute Gasteiger partial charge is 0.407 e. The molecule has 1 aliphatic carbocycles. The molecule has 0 fully saturated rings. The van der Waals surface area contributed by atoms with E-state index in [1.165, 1.54) is 6.08 Å². The number of amides is 2. The van der Waals surface area contributed by atoms with E-state index in [-0.39, 0.29) is 31.3 Å². The number of carbonyl (C=O) groups excluding carboxylic acids is 2. The molecule has 0 saturated carbocycles. The highest BCUT2D eigenvalue weighted by Crippen LogP contribution is 2.44. The molecule has 0 heterocycles. The summed E-state index contributed by atoms with van der Waals surface area (Å²) in [5, 5.41) is 14.4. The van der Waals surface area contributed by atoms with Gasteiger partial charge in [-0.25, -0.2) is 9.59 Å². The van der Waals surface area contributed by atoms with Crippen LogP contribution in [0.4, 0.5) is 4.79 Å². The van der Waals surface area contributed by atoms with Gasteiger partial charge in [0.1, 0.15) is 18.7 Å². The summed E-state index contributed by atoms with van der Waals surface area (Å²) in [5.41, 5.74) is 4.42. The van der Waals surface area contributed by atoms with Gasteiger partial charge in [0.15, 0.2) is 0 Å². The van der Waals surface area contributed by atoms with Crippen LogP contribution in [0.5, 0.6) is 0 Å². The van der Waals surface area contributed by atoms with Gasteiger partial charge in [0.2, 0.25) is 5.91 Å². The van der Waals surface area contributed by atoms with Gasteiger partial charge < -0.3 is 20.5 Å². The number of ether oxygens (including phenoxy) is 1. The molecular weight excluding hydrogens is 420 g/mol. The second kappa shape index (κ2) is 10.8. The fourth-order valence-corrected chi connectivity index (χ4v) is 4.15. The molecule has 1 aliphatic rings. The van der Waals surface area contributed by atoms with E-state index in [2.05, 4.69) is 29.3 Å². The lowest BCUT2D eigenvalue weighted by Gasteiger charge is -2.22. The molecule has 0 radical (unpaired) electrons. The number of aliphatic carboxylic acids is 1. The summed E-state index contributed by atoms with van der Waals surface area (Å²) in [5.74, 6) is -1.72. The van der Waals surface area contributed by atoms with Crippen LogP contribution in [-0.2, 0) is 14.3 Å². The van der Waals surface area contributed by atoms with Crippen LogP contribution >= 0.6 is 0 Å². The van der Waals surface area contributed by atoms with Crippen molar-refractivity contribution in [1.82, 2.24) is 10.6 Å². The van der Waals surface area contributed by atoms with E-state index in [0.29, 0.717) is 0 Å². The van der Waals surface area contributed by atoms with E-state index < -0.39 is 30.1 Å². The molecule has 0 aliphatic heterocycles. The van der Waals surface area contributed by atoms with Gasteiger partial charge in [-0.3, -0.25) is 4.79 Å². The third-order valence-electron chi connectivity index (χ3n) is 5.68. The SMILES string of the molecule is C=CCC(NC(=O)OCC1c2ccccc2-c2ccccc21)C(=O)NC(CC(C)C)C(=O)O. The van der Waals surface area contributed by atoms with Crippen LogP contribution in [0.2, 0.25) is 0 Å². The van der Waals surface area contributed by atoms with Gasteiger partial charge in [0, 0.05) is 5.92 Å². The highest BCUT2D eigenvalue weighted by Gasteiger charge is 2.30. The van der Waals surface area contributed by atoms with Crippen LogP contribution in [0.3, 0.4) is 0 Å². The van der Waals surface area contributed by atoms with Crippen molar-refractivity contribution in [3.05, 3.63) is 72.3 Å². The average molecular weight is 451 g/mol. The summed E-state index contributed by atoms with van der Waals surface area (Å²) in [7, 11) is 0. The zero-order chi connectivity index (χ0) is 24.0. The molecule has 0 spiro atoms. The van der Waals surface area contributed by atoms with Gasteiger partial charge in [0.05, 0.1) is 0 Å². The van der Waals surface area contributed by atoms with Crippen molar-refractivity contribution in [2.75, 3.05) is 6.61 Å². The molecule has 0 bridgehead atoms. The van der Waals surface area contributed by atoms with Gasteiger partial charge in [0.25, 0.3) is 0 Å². The van der Waals surface area contributed by atoms with Crippen molar-refractivity contribution in [3.63, 3.8) is 0 Å². The van der Waals surface area contributed by atoms with Gasteiger partial charge in [-0.2, -0.15) is 0 Å². The Morgan fingerprint density at radius 1 is 1.00 bits per heavy atom. The zero-order valence-corrected chi connectivity index (χ0v) is 18.9. The maximum absolute atomic E-state index is 12.7. The molecule has 33 heavy (non-hydrogen) atoms. The summed E-state index contributed by atoms with van der Waals surface area (Å²) < 4.78 is 5.50. The van der Waals surface area contributed by atoms with Crippen LogP contribution in [0.15, 0.2) is 61.2 Å². The molecule has 2 amide bonds. The van der Waals surface area contributed by atoms with E-state index in [9.17, 15) is 19.5 Å². The predicted octanol–water partition coefficient (Wildman–Crippen LogP) is 4.09. The number of hydrogen-bond donors (Lipinski definition) is 3. The Morgan fingerprint density at radius 3 is 2.09 bits per heavy atom. The predicted molar refractivity (Wildman–Crippen MR) is 126 cm³/mol. The molecule has 7 heteroatoms. The minimum atomic E-state index is -1.12. The van der Waals surface area contributed by atoms with Crippen molar-refractivity contribution in [3.8, 4) is 11.1 Å². The number of carbonyl (C=O) groups is 3. The lowest BCUT2D eigenvalue weighted by Crippen LogP contribution is -2.51. The Morgan fingerprint density at radius 2 is 1.58 bits per heavy atom. The highest BCUT2D eigenvalue weighted by atomic mass is 16.5. The first-order chi connectivity index (χ1) is 15.8. The van der Waals surface area contributed by atoms with Gasteiger partial charge >= 0.3 is 12.1 Å². The fraction of sp³-hybridized carbons (Fsp3) is 0.346. The zero-order valence-electron chi connectivity index (χ0n) is 18.9. The first-order valence-electron chi connectivity index (χ1n) is 11.1. The molecule has 174 valence electrons. The number of carboxylic acids is 1. The Kier molecular flexibility index (Phi) is 7.87. The number of hydrogen-bond acceptors (Lipinski definition) is 4. The largest absolute Gasteiger partial charge is 0.480 e. The molecule has 2 unspecified atom stereocenters. The summed E-state index contributed by atoms with van der Waals surface area (Å²) >= 11 is 0. The van der Waals surface area contributed by atoms with Gasteiger partial charge in [-0.15, -0.1) is 6.58 Å². The fourth-order valence-electron chi connectivity index (χ4n) is 4.15. The number of benzene rings is 2. The van der Waals surface area contributed by atoms with Crippen LogP contribution in [0.1, 0.15) is 43.7 Å². The molecule has 3 rings (SSSR count). The third-order valence-corrected chi connectivity index (χ3v) is 5.68. The second-order valence-corrected chi connectivity index (χ2v) is 8.58. The molecule has 0 saturated heterocycles. The topological polar surface area (TPSA) is 105 Å². The lowest BCUT2D eigenvalue weighted by molar-refractivity contribution is -0.142. The van der Waals surface area contributed by atoms with E-state index in [4.69, 9.17) is 4.74 Å². The lowest BCUT2D eigenvalue weighted by atomic mass is 9.98. The Bertz CT molecular complexity index is 987. The number of carboxylic acid groups (broad SMARTS) is 1. The molecule has 2 aromatic carbocycles. The third kappa shape index (κ3) is 5.80. The maximum atomic E-state index is 12.7. The monoisotopic (exact) mass is 450 g/mol. The van der Waals surface area contributed by atoms with Gasteiger partial charge in [-0.1, -0.05) is 68.5 Å². The van der Waals surface area contributed by atoms with Crippen LogP contribution in [0.25, 0.3) is 11.1 Å². The van der Waals surface area contributed by atoms with Crippen molar-refractivity contribution in [2.24, 2.45) is 5.92 Å². The second-order valence-electron chi connectivity index (χ2n) is 8.58. The van der Waals surface area contributed by atoms with Crippen molar-refractivity contribution in [2.45, 2.75) is 44.7 Å². The minimum absolute atomic E-state index is 0.0827. The van der Waals surface area contributed by atoms with Crippen molar-refractivity contribution < 1.29 is 24.2 Å². The van der Waals surface area contributed by atoms with E-state index in [1.54, 1.807) is 0 Å².